The number of halogens is 5. The number of rotatable bonds is 3. The van der Waals surface area contributed by atoms with E-state index in [0.717, 1.165) is 12.4 Å². The molecule has 29 heavy (non-hydrogen) atoms. The summed E-state index contributed by atoms with van der Waals surface area (Å²) < 4.78 is 52.4. The summed E-state index contributed by atoms with van der Waals surface area (Å²) in [7, 11) is 0. The van der Waals surface area contributed by atoms with Crippen molar-refractivity contribution in [1.82, 2.24) is 14.9 Å². The van der Waals surface area contributed by atoms with E-state index in [4.69, 9.17) is 27.3 Å². The maximum Gasteiger partial charge on any atom is 0.261 e. The van der Waals surface area contributed by atoms with Crippen molar-refractivity contribution < 1.29 is 12.9 Å². The molecule has 2 aromatic carbocycles. The van der Waals surface area contributed by atoms with Gasteiger partial charge in [0.15, 0.2) is 5.82 Å². The molecule has 1 aliphatic heterocycles. The molecule has 1 aliphatic rings. The van der Waals surface area contributed by atoms with Crippen molar-refractivity contribution in [2.75, 3.05) is 18.4 Å². The van der Waals surface area contributed by atoms with Gasteiger partial charge in [0.05, 0.1) is 27.3 Å². The smallest absolute Gasteiger partial charge is 0.261 e. The Balaban J connectivity index is 0.00000289. The molecule has 1 unspecified atom stereocenters. The van der Waals surface area contributed by atoms with Gasteiger partial charge in [-0.2, -0.15) is 0 Å². The normalized spacial score (nSPS) is 20.6. The van der Waals surface area contributed by atoms with E-state index in [2.05, 4.69) is 15.6 Å². The zero-order valence-corrected chi connectivity index (χ0v) is 17.1. The van der Waals surface area contributed by atoms with Gasteiger partial charge in [-0.3, -0.25) is 4.79 Å². The first kappa shape index (κ1) is 17.9. The Bertz CT molecular complexity index is 1250. The summed E-state index contributed by atoms with van der Waals surface area (Å²) in [6, 6.07) is 4.96. The molecule has 0 spiro atoms. The lowest BCUT2D eigenvalue weighted by Crippen LogP contribution is -2.39. The highest BCUT2D eigenvalue weighted by Crippen LogP contribution is 2.41. The number of hydrogen-bond donors (Lipinski definition) is 2. The molecule has 3 aromatic rings. The van der Waals surface area contributed by atoms with Crippen molar-refractivity contribution >= 4 is 52.2 Å². The lowest BCUT2D eigenvalue weighted by molar-refractivity contribution is 0.495. The van der Waals surface area contributed by atoms with Gasteiger partial charge < -0.3 is 15.2 Å². The highest BCUT2D eigenvalue weighted by atomic mass is 35.5. The maximum absolute atomic E-state index is 14.8. The molecular formula is C19H17Cl3F2N4O. The predicted molar refractivity (Wildman–Crippen MR) is 113 cm³/mol. The minimum absolute atomic E-state index is 0. The summed E-state index contributed by atoms with van der Waals surface area (Å²) in [6.45, 7) is -1.98. The van der Waals surface area contributed by atoms with Crippen molar-refractivity contribution in [1.29, 1.82) is 0 Å². The van der Waals surface area contributed by atoms with Crippen LogP contribution in [0.4, 0.5) is 14.5 Å². The standard InChI is InChI=1S/C19H16Cl2F2N4O.ClH/c1-27-9-25-17-11(18(27)28)6-10(7-14(17)23)26-19(4-5-24-8-19)15-13(22)3-2-12(20)16(15)21;/h2-3,6-7,9,24,26H,4-5,8H2,1H3;1H/i1D3;. The predicted octanol–water partition coefficient (Wildman–Crippen LogP) is 4.24. The van der Waals surface area contributed by atoms with Gasteiger partial charge in [-0.05, 0) is 37.2 Å². The molecule has 1 saturated heterocycles. The molecule has 5 nitrogen and oxygen atoms in total. The molecule has 154 valence electrons. The van der Waals surface area contributed by atoms with Gasteiger partial charge in [-0.15, -0.1) is 12.4 Å². The number of nitrogens with one attached hydrogen (secondary N) is 2. The monoisotopic (exact) mass is 463 g/mol. The number of hydrogen-bond acceptors (Lipinski definition) is 4. The van der Waals surface area contributed by atoms with Gasteiger partial charge in [-0.25, -0.2) is 13.8 Å². The van der Waals surface area contributed by atoms with Crippen LogP contribution in [0.2, 0.25) is 10.0 Å². The van der Waals surface area contributed by atoms with Crippen LogP contribution in [-0.2, 0) is 12.5 Å². The summed E-state index contributed by atoms with van der Waals surface area (Å²) >= 11 is 12.4. The first-order valence-corrected chi connectivity index (χ1v) is 9.13. The quantitative estimate of drug-likeness (QED) is 0.569. The SMILES string of the molecule is Cl.[2H]C([2H])([2H])n1cnc2c(F)cc(NC3(c4c(F)ccc(Cl)c4Cl)CCNC3)cc2c1=O. The van der Waals surface area contributed by atoms with E-state index in [1.54, 1.807) is 0 Å². The molecule has 0 radical (unpaired) electrons. The third kappa shape index (κ3) is 3.68. The van der Waals surface area contributed by atoms with Crippen molar-refractivity contribution in [2.24, 2.45) is 6.98 Å². The number of nitrogens with zero attached hydrogens (tertiary/aromatic N) is 2. The number of anilines is 1. The zero-order valence-electron chi connectivity index (χ0n) is 17.7. The molecule has 1 atom stereocenters. The Kier molecular flexibility index (Phi) is 4.98. The van der Waals surface area contributed by atoms with Crippen molar-refractivity contribution in [3.05, 3.63) is 68.2 Å². The van der Waals surface area contributed by atoms with Gasteiger partial charge in [-0.1, -0.05) is 23.2 Å². The van der Waals surface area contributed by atoms with Gasteiger partial charge in [0.25, 0.3) is 5.56 Å². The number of aromatic nitrogens is 2. The number of benzene rings is 2. The lowest BCUT2D eigenvalue weighted by atomic mass is 9.87. The maximum atomic E-state index is 14.8. The molecule has 0 bridgehead atoms. The molecule has 2 N–H and O–H groups in total. The molecule has 1 fully saturated rings. The van der Waals surface area contributed by atoms with Crippen molar-refractivity contribution in [3.8, 4) is 0 Å². The Morgan fingerprint density at radius 2 is 2.10 bits per heavy atom. The van der Waals surface area contributed by atoms with Gasteiger partial charge in [0.1, 0.15) is 11.3 Å². The van der Waals surface area contributed by atoms with E-state index in [1.165, 1.54) is 18.2 Å². The first-order valence-electron chi connectivity index (χ1n) is 9.88. The number of aryl methyl sites for hydroxylation is 1. The molecule has 0 aliphatic carbocycles. The summed E-state index contributed by atoms with van der Waals surface area (Å²) in [4.78, 5) is 16.5. The van der Waals surface area contributed by atoms with Crippen LogP contribution in [0.5, 0.6) is 0 Å². The summed E-state index contributed by atoms with van der Waals surface area (Å²) in [5, 5.41) is 6.19. The summed E-state index contributed by atoms with van der Waals surface area (Å²) in [5.74, 6) is -1.41. The molecule has 10 heteroatoms. The fourth-order valence-electron chi connectivity index (χ4n) is 3.58. The van der Waals surface area contributed by atoms with Crippen LogP contribution in [-0.4, -0.2) is 22.6 Å². The van der Waals surface area contributed by atoms with E-state index >= 15 is 0 Å². The third-order valence-electron chi connectivity index (χ3n) is 4.88. The summed E-state index contributed by atoms with van der Waals surface area (Å²) in [5.41, 5.74) is -1.98. The average Bonchev–Trinajstić information content (AvgIpc) is 3.14. The largest absolute Gasteiger partial charge is 0.374 e. The van der Waals surface area contributed by atoms with E-state index in [1.807, 2.05) is 0 Å². The third-order valence-corrected chi connectivity index (χ3v) is 5.68. The molecule has 2 heterocycles. The highest BCUT2D eigenvalue weighted by Gasteiger charge is 2.40. The van der Waals surface area contributed by atoms with Crippen LogP contribution in [0.3, 0.4) is 0 Å². The molecule has 4 rings (SSSR count). The van der Waals surface area contributed by atoms with E-state index in [0.29, 0.717) is 17.5 Å². The van der Waals surface area contributed by atoms with E-state index in [9.17, 15) is 13.6 Å². The second kappa shape index (κ2) is 8.07. The van der Waals surface area contributed by atoms with Crippen molar-refractivity contribution in [3.63, 3.8) is 0 Å². The first-order chi connectivity index (χ1) is 14.5. The lowest BCUT2D eigenvalue weighted by Gasteiger charge is -2.33. The van der Waals surface area contributed by atoms with Gasteiger partial charge in [0, 0.05) is 28.9 Å². The van der Waals surface area contributed by atoms with Crippen LogP contribution in [0, 0.1) is 11.6 Å². The Labute approximate surface area is 185 Å². The average molecular weight is 465 g/mol. The fraction of sp³-hybridized carbons (Fsp3) is 0.263. The van der Waals surface area contributed by atoms with Crippen LogP contribution < -0.4 is 16.2 Å². The second-order valence-corrected chi connectivity index (χ2v) is 7.41. The fourth-order valence-corrected chi connectivity index (χ4v) is 4.07. The van der Waals surface area contributed by atoms with Gasteiger partial charge in [0.2, 0.25) is 0 Å². The Hall–Kier alpha value is -1.93. The van der Waals surface area contributed by atoms with Crippen LogP contribution >= 0.6 is 35.6 Å². The van der Waals surface area contributed by atoms with Crippen molar-refractivity contribution in [2.45, 2.75) is 12.0 Å². The minimum atomic E-state index is -2.77. The topological polar surface area (TPSA) is 59.0 Å². The van der Waals surface area contributed by atoms with Crippen LogP contribution in [0.15, 0.2) is 35.4 Å². The van der Waals surface area contributed by atoms with Crippen LogP contribution in [0.1, 0.15) is 16.1 Å². The van der Waals surface area contributed by atoms with E-state index < -0.39 is 29.7 Å². The second-order valence-electron chi connectivity index (χ2n) is 6.63. The Morgan fingerprint density at radius 3 is 2.79 bits per heavy atom. The molecular weight excluding hydrogens is 445 g/mol. The molecule has 0 saturated carbocycles. The van der Waals surface area contributed by atoms with E-state index in [-0.39, 0.29) is 51.2 Å². The molecule has 0 amide bonds. The number of fused-ring (bicyclic) bond motifs is 1. The molecule has 1 aromatic heterocycles. The van der Waals surface area contributed by atoms with Crippen LogP contribution in [0.25, 0.3) is 10.9 Å². The minimum Gasteiger partial charge on any atom is -0.374 e. The zero-order chi connectivity index (χ0) is 22.6. The van der Waals surface area contributed by atoms with Gasteiger partial charge >= 0.3 is 0 Å². The Morgan fingerprint density at radius 1 is 1.31 bits per heavy atom. The highest BCUT2D eigenvalue weighted by molar-refractivity contribution is 6.42. The summed E-state index contributed by atoms with van der Waals surface area (Å²) in [6.07, 6.45) is 1.19.